The van der Waals surface area contributed by atoms with E-state index in [1.165, 1.54) is 0 Å². The number of benzene rings is 1. The van der Waals surface area contributed by atoms with Crippen LogP contribution in [0.2, 0.25) is 0 Å². The molecule has 2 aliphatic rings. The molecule has 8 heteroatoms. The normalized spacial score (nSPS) is 32.2. The number of carbonyl (C=O) groups is 2. The number of carbonyl (C=O) groups excluding carboxylic acids is 2. The zero-order valence-electron chi connectivity index (χ0n) is 14.3. The van der Waals surface area contributed by atoms with Crippen molar-refractivity contribution in [3.8, 4) is 0 Å². The van der Waals surface area contributed by atoms with Crippen molar-refractivity contribution in [3.63, 3.8) is 0 Å². The second-order valence-corrected chi connectivity index (χ2v) is 8.16. The molecule has 1 spiro atoms. The highest BCUT2D eigenvalue weighted by molar-refractivity contribution is 9.10. The molecule has 2 N–H and O–H groups in total. The van der Waals surface area contributed by atoms with Crippen LogP contribution in [0.4, 0.5) is 13.2 Å². The lowest BCUT2D eigenvalue weighted by molar-refractivity contribution is -0.272. The van der Waals surface area contributed by atoms with Crippen molar-refractivity contribution in [2.45, 2.75) is 62.8 Å². The number of amides is 1. The molecular formula is C18H19BrF3NO3. The molecule has 26 heavy (non-hydrogen) atoms. The Morgan fingerprint density at radius 2 is 1.73 bits per heavy atom. The minimum Gasteiger partial charge on any atom is -0.380 e. The molecule has 1 aliphatic carbocycles. The Morgan fingerprint density at radius 3 is 2.27 bits per heavy atom. The average Bonchev–Trinajstić information content (AvgIpc) is 2.78. The molecular weight excluding hydrogens is 415 g/mol. The Bertz CT molecular complexity index is 783. The van der Waals surface area contributed by atoms with E-state index in [9.17, 15) is 27.9 Å². The molecule has 1 unspecified atom stereocenters. The van der Waals surface area contributed by atoms with Gasteiger partial charge in [0.25, 0.3) is 0 Å². The third-order valence-electron chi connectivity index (χ3n) is 5.77. The van der Waals surface area contributed by atoms with E-state index in [4.69, 9.17) is 0 Å². The third kappa shape index (κ3) is 2.78. The summed E-state index contributed by atoms with van der Waals surface area (Å²) in [6, 6.07) is 3.62. The summed E-state index contributed by atoms with van der Waals surface area (Å²) in [4.78, 5) is 25.7. The maximum absolute atomic E-state index is 13.1. The molecule has 1 aromatic carbocycles. The van der Waals surface area contributed by atoms with E-state index in [2.05, 4.69) is 21.2 Å². The second-order valence-electron chi connectivity index (χ2n) is 7.30. The summed E-state index contributed by atoms with van der Waals surface area (Å²) < 4.78 is 39.9. The van der Waals surface area contributed by atoms with Crippen molar-refractivity contribution < 1.29 is 27.9 Å². The van der Waals surface area contributed by atoms with Gasteiger partial charge in [0.15, 0.2) is 11.4 Å². The summed E-state index contributed by atoms with van der Waals surface area (Å²) in [6.45, 7) is 3.59. The number of hydrogen-bond donors (Lipinski definition) is 2. The van der Waals surface area contributed by atoms with Gasteiger partial charge in [0.05, 0.1) is 5.54 Å². The van der Waals surface area contributed by atoms with Gasteiger partial charge in [0.2, 0.25) is 5.91 Å². The zero-order chi connectivity index (χ0) is 19.5. The molecule has 4 nitrogen and oxygen atoms in total. The Hall–Kier alpha value is -1.41. The summed E-state index contributed by atoms with van der Waals surface area (Å²) >= 11 is 3.39. The second kappa shape index (κ2) is 6.05. The molecule has 1 atom stereocenters. The van der Waals surface area contributed by atoms with Gasteiger partial charge in [-0.15, -0.1) is 0 Å². The van der Waals surface area contributed by atoms with Gasteiger partial charge in [-0.05, 0) is 62.3 Å². The predicted molar refractivity (Wildman–Crippen MR) is 91.7 cm³/mol. The maximum atomic E-state index is 13.1. The molecule has 1 heterocycles. The number of rotatable bonds is 1. The Balaban J connectivity index is 1.93. The minimum absolute atomic E-state index is 0.226. The number of Topliss-reactive ketones (excluding diaryl/α,β-unsaturated/α-hetero) is 1. The Kier molecular flexibility index (Phi) is 4.51. The van der Waals surface area contributed by atoms with Crippen LogP contribution < -0.4 is 5.32 Å². The van der Waals surface area contributed by atoms with Crippen molar-refractivity contribution in [2.75, 3.05) is 0 Å². The highest BCUT2D eigenvalue weighted by Crippen LogP contribution is 2.48. The predicted octanol–water partition coefficient (Wildman–Crippen LogP) is 3.45. The van der Waals surface area contributed by atoms with E-state index in [-0.39, 0.29) is 12.8 Å². The van der Waals surface area contributed by atoms with Gasteiger partial charge in [-0.3, -0.25) is 9.59 Å². The van der Waals surface area contributed by atoms with Crippen LogP contribution in [-0.4, -0.2) is 34.1 Å². The first-order chi connectivity index (χ1) is 11.9. The van der Waals surface area contributed by atoms with E-state index in [0.717, 1.165) is 15.6 Å². The molecule has 1 amide bonds. The first-order valence-electron chi connectivity index (χ1n) is 8.33. The first kappa shape index (κ1) is 19.4. The van der Waals surface area contributed by atoms with Crippen LogP contribution in [0, 0.1) is 13.8 Å². The van der Waals surface area contributed by atoms with Crippen LogP contribution in [0.1, 0.15) is 48.3 Å². The minimum atomic E-state index is -4.75. The number of aryl methyl sites for hydroxylation is 1. The van der Waals surface area contributed by atoms with E-state index in [0.29, 0.717) is 5.56 Å². The average molecular weight is 434 g/mol. The van der Waals surface area contributed by atoms with Gasteiger partial charge in [-0.25, -0.2) is 0 Å². The molecule has 2 fully saturated rings. The number of ketones is 1. The molecule has 1 aromatic rings. The standard InChI is InChI=1S/C18H19BrF3NO3/c1-9-3-4-11(19)10(2)12(9)13-14(24)16(23-15(13)25)5-7-17(26,8-6-16)18(20,21)22/h3-4,13,26H,5-8H2,1-2H3,(H,23,25). The third-order valence-corrected chi connectivity index (χ3v) is 6.63. The lowest BCUT2D eigenvalue weighted by Crippen LogP contribution is -2.57. The quantitative estimate of drug-likeness (QED) is 0.666. The Morgan fingerprint density at radius 1 is 1.15 bits per heavy atom. The van der Waals surface area contributed by atoms with E-state index in [1.807, 2.05) is 6.07 Å². The monoisotopic (exact) mass is 433 g/mol. The summed E-state index contributed by atoms with van der Waals surface area (Å²) in [6.07, 6.45) is -6.42. The van der Waals surface area contributed by atoms with Crippen molar-refractivity contribution in [1.82, 2.24) is 5.32 Å². The lowest BCUT2D eigenvalue weighted by Gasteiger charge is -2.41. The zero-order valence-corrected chi connectivity index (χ0v) is 15.9. The SMILES string of the molecule is Cc1ccc(Br)c(C)c1C1C(=O)NC2(CCC(O)(C(F)(F)F)CC2)C1=O. The van der Waals surface area contributed by atoms with Crippen LogP contribution in [0.5, 0.6) is 0 Å². The van der Waals surface area contributed by atoms with E-state index < -0.39 is 47.8 Å². The first-order valence-corrected chi connectivity index (χ1v) is 9.12. The lowest BCUT2D eigenvalue weighted by atomic mass is 9.70. The van der Waals surface area contributed by atoms with Gasteiger partial charge in [-0.2, -0.15) is 13.2 Å². The molecule has 0 bridgehead atoms. The number of nitrogens with one attached hydrogen (secondary N) is 1. The van der Waals surface area contributed by atoms with Gasteiger partial charge in [0.1, 0.15) is 5.92 Å². The smallest absolute Gasteiger partial charge is 0.380 e. The summed E-state index contributed by atoms with van der Waals surface area (Å²) in [5.41, 5.74) is -2.00. The van der Waals surface area contributed by atoms with Crippen LogP contribution in [0.15, 0.2) is 16.6 Å². The molecule has 1 aliphatic heterocycles. The fraction of sp³-hybridized carbons (Fsp3) is 0.556. The van der Waals surface area contributed by atoms with Crippen molar-refractivity contribution >= 4 is 27.6 Å². The van der Waals surface area contributed by atoms with E-state index in [1.54, 1.807) is 19.9 Å². The molecule has 1 saturated heterocycles. The number of hydrogen-bond acceptors (Lipinski definition) is 3. The fourth-order valence-corrected chi connectivity index (χ4v) is 4.40. The van der Waals surface area contributed by atoms with Crippen LogP contribution in [-0.2, 0) is 9.59 Å². The summed E-state index contributed by atoms with van der Waals surface area (Å²) in [7, 11) is 0. The van der Waals surface area contributed by atoms with Gasteiger partial charge < -0.3 is 10.4 Å². The summed E-state index contributed by atoms with van der Waals surface area (Å²) in [5.74, 6) is -1.93. The van der Waals surface area contributed by atoms with E-state index >= 15 is 0 Å². The van der Waals surface area contributed by atoms with Crippen LogP contribution >= 0.6 is 15.9 Å². The van der Waals surface area contributed by atoms with Gasteiger partial charge in [0, 0.05) is 4.47 Å². The highest BCUT2D eigenvalue weighted by Gasteiger charge is 2.62. The van der Waals surface area contributed by atoms with Crippen molar-refractivity contribution in [2.24, 2.45) is 0 Å². The molecule has 3 rings (SSSR count). The van der Waals surface area contributed by atoms with Crippen LogP contribution in [0.25, 0.3) is 0 Å². The van der Waals surface area contributed by atoms with Gasteiger partial charge >= 0.3 is 6.18 Å². The number of halogens is 4. The molecule has 142 valence electrons. The van der Waals surface area contributed by atoms with Gasteiger partial charge in [-0.1, -0.05) is 22.0 Å². The maximum Gasteiger partial charge on any atom is 0.417 e. The topological polar surface area (TPSA) is 66.4 Å². The molecule has 0 radical (unpaired) electrons. The summed E-state index contributed by atoms with van der Waals surface area (Å²) in [5, 5.41) is 12.5. The largest absolute Gasteiger partial charge is 0.417 e. The fourth-order valence-electron chi connectivity index (χ4n) is 4.05. The van der Waals surface area contributed by atoms with Crippen LogP contribution in [0.3, 0.4) is 0 Å². The highest BCUT2D eigenvalue weighted by atomic mass is 79.9. The van der Waals surface area contributed by atoms with Crippen molar-refractivity contribution in [1.29, 1.82) is 0 Å². The molecule has 0 aromatic heterocycles. The Labute approximate surface area is 157 Å². The molecule has 1 saturated carbocycles. The number of alkyl halides is 3. The number of aliphatic hydroxyl groups is 1. The van der Waals surface area contributed by atoms with Crippen molar-refractivity contribution in [3.05, 3.63) is 33.3 Å².